The number of pyridine rings is 1. The highest BCUT2D eigenvalue weighted by Crippen LogP contribution is 2.28. The van der Waals surface area contributed by atoms with Crippen LogP contribution >= 0.6 is 11.6 Å². The molecule has 2 rings (SSSR count). The van der Waals surface area contributed by atoms with Gasteiger partial charge >= 0.3 is 0 Å². The molecular formula is C14H14ClFN2. The molecule has 0 amide bonds. The zero-order chi connectivity index (χ0) is 13.3. The molecule has 1 heterocycles. The van der Waals surface area contributed by atoms with Crippen molar-refractivity contribution < 1.29 is 4.39 Å². The zero-order valence-corrected chi connectivity index (χ0v) is 11.0. The van der Waals surface area contributed by atoms with Crippen LogP contribution in [0.4, 0.5) is 4.39 Å². The van der Waals surface area contributed by atoms with E-state index in [9.17, 15) is 4.39 Å². The number of nitrogens with zero attached hydrogens (tertiary/aromatic N) is 1. The Labute approximate surface area is 111 Å². The Bertz CT molecular complexity index is 565. The quantitative estimate of drug-likeness (QED) is 0.903. The van der Waals surface area contributed by atoms with Crippen molar-refractivity contribution in [1.29, 1.82) is 0 Å². The van der Waals surface area contributed by atoms with Crippen molar-refractivity contribution in [2.24, 2.45) is 5.73 Å². The summed E-state index contributed by atoms with van der Waals surface area (Å²) < 4.78 is 12.9. The molecule has 0 aliphatic heterocycles. The van der Waals surface area contributed by atoms with Gasteiger partial charge in [-0.2, -0.15) is 0 Å². The van der Waals surface area contributed by atoms with E-state index < -0.39 is 5.54 Å². The third-order valence-electron chi connectivity index (χ3n) is 3.03. The van der Waals surface area contributed by atoms with E-state index in [1.807, 2.05) is 32.0 Å². The molecule has 2 N–H and O–H groups in total. The molecule has 1 unspecified atom stereocenters. The molecule has 1 aromatic heterocycles. The summed E-state index contributed by atoms with van der Waals surface area (Å²) in [5.74, 6) is -0.378. The lowest BCUT2D eigenvalue weighted by molar-refractivity contribution is 0.568. The van der Waals surface area contributed by atoms with Gasteiger partial charge in [0, 0.05) is 5.02 Å². The molecule has 94 valence electrons. The summed E-state index contributed by atoms with van der Waals surface area (Å²) in [4.78, 5) is 4.04. The molecule has 0 aliphatic carbocycles. The van der Waals surface area contributed by atoms with Gasteiger partial charge < -0.3 is 5.73 Å². The van der Waals surface area contributed by atoms with E-state index in [-0.39, 0.29) is 5.82 Å². The van der Waals surface area contributed by atoms with Crippen molar-refractivity contribution in [3.05, 3.63) is 64.2 Å². The first-order valence-corrected chi connectivity index (χ1v) is 5.96. The second-order valence-corrected chi connectivity index (χ2v) is 4.94. The highest BCUT2D eigenvalue weighted by atomic mass is 35.5. The van der Waals surface area contributed by atoms with E-state index in [4.69, 9.17) is 17.3 Å². The Balaban J connectivity index is 2.46. The van der Waals surface area contributed by atoms with Crippen LogP contribution in [0.5, 0.6) is 0 Å². The van der Waals surface area contributed by atoms with Crippen LogP contribution in [0, 0.1) is 12.7 Å². The number of aromatic nitrogens is 1. The monoisotopic (exact) mass is 264 g/mol. The minimum atomic E-state index is -0.801. The average molecular weight is 265 g/mol. The number of nitrogens with two attached hydrogens (primary N) is 1. The molecule has 0 fully saturated rings. The van der Waals surface area contributed by atoms with Crippen LogP contribution in [-0.2, 0) is 5.54 Å². The molecule has 0 aliphatic rings. The highest BCUT2D eigenvalue weighted by molar-refractivity contribution is 6.31. The van der Waals surface area contributed by atoms with Crippen LogP contribution in [0.1, 0.15) is 23.7 Å². The molecule has 0 radical (unpaired) electrons. The molecule has 0 saturated carbocycles. The SMILES string of the molecule is Cc1ccc(C(C)(N)c2ccc(F)cn2)cc1Cl. The van der Waals surface area contributed by atoms with Gasteiger partial charge in [0.25, 0.3) is 0 Å². The topological polar surface area (TPSA) is 38.9 Å². The van der Waals surface area contributed by atoms with Crippen molar-refractivity contribution in [2.45, 2.75) is 19.4 Å². The fraction of sp³-hybridized carbons (Fsp3) is 0.214. The molecule has 2 aromatic rings. The summed E-state index contributed by atoms with van der Waals surface area (Å²) in [7, 11) is 0. The van der Waals surface area contributed by atoms with Crippen LogP contribution in [0.25, 0.3) is 0 Å². The minimum absolute atomic E-state index is 0.378. The predicted octanol–water partition coefficient (Wildman–Crippen LogP) is 3.40. The Morgan fingerprint density at radius 3 is 2.56 bits per heavy atom. The molecule has 18 heavy (non-hydrogen) atoms. The maximum Gasteiger partial charge on any atom is 0.141 e. The van der Waals surface area contributed by atoms with Gasteiger partial charge in [-0.05, 0) is 43.2 Å². The predicted molar refractivity (Wildman–Crippen MR) is 71.0 cm³/mol. The summed E-state index contributed by atoms with van der Waals surface area (Å²) in [6.07, 6.45) is 1.16. The average Bonchev–Trinajstić information content (AvgIpc) is 2.33. The number of rotatable bonds is 2. The number of benzene rings is 1. The van der Waals surface area contributed by atoms with Gasteiger partial charge in [-0.3, -0.25) is 4.98 Å². The van der Waals surface area contributed by atoms with Crippen LogP contribution in [0.15, 0.2) is 36.5 Å². The Kier molecular flexibility index (Phi) is 3.37. The molecule has 4 heteroatoms. The van der Waals surface area contributed by atoms with Gasteiger partial charge in [0.15, 0.2) is 0 Å². The standard InChI is InChI=1S/C14H14ClFN2/c1-9-3-4-10(7-12(9)15)14(2,17)13-6-5-11(16)8-18-13/h3-8H,17H2,1-2H3. The highest BCUT2D eigenvalue weighted by Gasteiger charge is 2.25. The Morgan fingerprint density at radius 1 is 1.28 bits per heavy atom. The van der Waals surface area contributed by atoms with Crippen LogP contribution < -0.4 is 5.73 Å². The fourth-order valence-electron chi connectivity index (χ4n) is 1.75. The summed E-state index contributed by atoms with van der Waals surface area (Å²) >= 11 is 6.10. The Morgan fingerprint density at radius 2 is 2.00 bits per heavy atom. The van der Waals surface area contributed by atoms with Crippen molar-refractivity contribution in [2.75, 3.05) is 0 Å². The van der Waals surface area contributed by atoms with Gasteiger partial charge in [-0.1, -0.05) is 23.7 Å². The van der Waals surface area contributed by atoms with Crippen molar-refractivity contribution in [3.8, 4) is 0 Å². The molecule has 2 nitrogen and oxygen atoms in total. The summed E-state index contributed by atoms with van der Waals surface area (Å²) in [5.41, 5.74) is 7.92. The molecule has 1 aromatic carbocycles. The van der Waals surface area contributed by atoms with Gasteiger partial charge in [0.2, 0.25) is 0 Å². The largest absolute Gasteiger partial charge is 0.317 e. The van der Waals surface area contributed by atoms with Crippen LogP contribution in [-0.4, -0.2) is 4.98 Å². The lowest BCUT2D eigenvalue weighted by atomic mass is 9.89. The van der Waals surface area contributed by atoms with Gasteiger partial charge in [-0.15, -0.1) is 0 Å². The molecule has 0 bridgehead atoms. The first kappa shape index (κ1) is 13.0. The molecule has 1 atom stereocenters. The van der Waals surface area contributed by atoms with E-state index in [2.05, 4.69) is 4.98 Å². The van der Waals surface area contributed by atoms with E-state index >= 15 is 0 Å². The third-order valence-corrected chi connectivity index (χ3v) is 3.44. The number of hydrogen-bond acceptors (Lipinski definition) is 2. The second-order valence-electron chi connectivity index (χ2n) is 4.53. The smallest absolute Gasteiger partial charge is 0.141 e. The van der Waals surface area contributed by atoms with Gasteiger partial charge in [0.05, 0.1) is 17.4 Å². The minimum Gasteiger partial charge on any atom is -0.317 e. The van der Waals surface area contributed by atoms with Crippen molar-refractivity contribution in [3.63, 3.8) is 0 Å². The van der Waals surface area contributed by atoms with E-state index in [0.717, 1.165) is 17.3 Å². The third kappa shape index (κ3) is 2.37. The molecular weight excluding hydrogens is 251 g/mol. The normalized spacial score (nSPS) is 14.3. The van der Waals surface area contributed by atoms with Crippen LogP contribution in [0.3, 0.4) is 0 Å². The van der Waals surface area contributed by atoms with Gasteiger partial charge in [-0.25, -0.2) is 4.39 Å². The molecule has 0 saturated heterocycles. The zero-order valence-electron chi connectivity index (χ0n) is 10.2. The lowest BCUT2D eigenvalue weighted by Gasteiger charge is -2.25. The maximum absolute atomic E-state index is 12.9. The molecule has 0 spiro atoms. The number of halogens is 2. The van der Waals surface area contributed by atoms with E-state index in [1.165, 1.54) is 6.07 Å². The van der Waals surface area contributed by atoms with E-state index in [0.29, 0.717) is 10.7 Å². The van der Waals surface area contributed by atoms with Crippen molar-refractivity contribution >= 4 is 11.6 Å². The maximum atomic E-state index is 12.9. The second kappa shape index (κ2) is 4.67. The van der Waals surface area contributed by atoms with Gasteiger partial charge in [0.1, 0.15) is 5.82 Å². The van der Waals surface area contributed by atoms with Crippen molar-refractivity contribution in [1.82, 2.24) is 4.98 Å². The summed E-state index contributed by atoms with van der Waals surface area (Å²) in [6, 6.07) is 8.58. The fourth-order valence-corrected chi connectivity index (χ4v) is 1.93. The summed E-state index contributed by atoms with van der Waals surface area (Å²) in [5, 5.41) is 0.659. The number of hydrogen-bond donors (Lipinski definition) is 1. The van der Waals surface area contributed by atoms with Crippen LogP contribution in [0.2, 0.25) is 5.02 Å². The first-order valence-electron chi connectivity index (χ1n) is 5.59. The number of aryl methyl sites for hydroxylation is 1. The summed E-state index contributed by atoms with van der Waals surface area (Å²) in [6.45, 7) is 3.75. The first-order chi connectivity index (χ1) is 8.41. The lowest BCUT2D eigenvalue weighted by Crippen LogP contribution is -2.35. The van der Waals surface area contributed by atoms with E-state index in [1.54, 1.807) is 6.07 Å². The Hall–Kier alpha value is -1.45.